The van der Waals surface area contributed by atoms with Gasteiger partial charge in [-0.05, 0) is 18.6 Å². The van der Waals surface area contributed by atoms with Crippen LogP contribution < -0.4 is 4.57 Å². The third-order valence-corrected chi connectivity index (χ3v) is 2.28. The number of hydrogen-bond acceptors (Lipinski definition) is 1. The Kier molecular flexibility index (Phi) is 2.46. The third-order valence-electron chi connectivity index (χ3n) is 2.28. The number of aryl methyl sites for hydroxylation is 1. The molecule has 70 valence electrons. The fourth-order valence-corrected chi connectivity index (χ4v) is 1.58. The van der Waals surface area contributed by atoms with Crippen LogP contribution in [0, 0.1) is 11.3 Å². The van der Waals surface area contributed by atoms with Gasteiger partial charge in [-0.25, -0.2) is 9.55 Å². The van der Waals surface area contributed by atoms with Crippen LogP contribution in [0.5, 0.6) is 0 Å². The zero-order valence-corrected chi connectivity index (χ0v) is 7.90. The number of imidazole rings is 1. The number of benzene rings is 1. The zero-order chi connectivity index (χ0) is 9.80. The number of nitrogens with one attached hydrogen (secondary N) is 1. The van der Waals surface area contributed by atoms with Crippen molar-refractivity contribution in [2.45, 2.75) is 19.4 Å². The van der Waals surface area contributed by atoms with Crippen LogP contribution in [0.4, 0.5) is 0 Å². The lowest BCUT2D eigenvalue weighted by Crippen LogP contribution is -2.31. The Hall–Kier alpha value is -1.82. The van der Waals surface area contributed by atoms with Gasteiger partial charge in [0.05, 0.1) is 12.6 Å². The molecule has 0 bridgehead atoms. The number of nitriles is 1. The molecule has 14 heavy (non-hydrogen) atoms. The van der Waals surface area contributed by atoms with Crippen LogP contribution in [-0.4, -0.2) is 4.98 Å². The number of para-hydroxylation sites is 2. The van der Waals surface area contributed by atoms with Gasteiger partial charge in [0.1, 0.15) is 0 Å². The molecule has 3 nitrogen and oxygen atoms in total. The molecule has 0 aliphatic carbocycles. The summed E-state index contributed by atoms with van der Waals surface area (Å²) in [4.78, 5) is 3.20. The average Bonchev–Trinajstić information content (AvgIpc) is 2.63. The summed E-state index contributed by atoms with van der Waals surface area (Å²) in [6.07, 6.45) is 3.48. The molecule has 1 aromatic carbocycles. The van der Waals surface area contributed by atoms with Gasteiger partial charge in [0, 0.05) is 6.42 Å². The summed E-state index contributed by atoms with van der Waals surface area (Å²) in [5, 5.41) is 8.44. The maximum absolute atomic E-state index is 8.44. The molecule has 1 N–H and O–H groups in total. The summed E-state index contributed by atoms with van der Waals surface area (Å²) in [6.45, 7) is 0.900. The Morgan fingerprint density at radius 2 is 2.21 bits per heavy atom. The van der Waals surface area contributed by atoms with Crippen molar-refractivity contribution in [3.05, 3.63) is 30.6 Å². The standard InChI is InChI=1S/C11H11N3/c12-7-3-4-8-14-9-13-10-5-1-2-6-11(10)14/h1-2,5-6,9H,3-4,8H2/p+1. The first-order chi connectivity index (χ1) is 6.92. The SMILES string of the molecule is N#CCCC[n+]1c[nH]c2ccccc21. The molecule has 1 aromatic heterocycles. The summed E-state index contributed by atoms with van der Waals surface area (Å²) in [5.41, 5.74) is 2.34. The summed E-state index contributed by atoms with van der Waals surface area (Å²) >= 11 is 0. The van der Waals surface area contributed by atoms with Crippen LogP contribution in [0.2, 0.25) is 0 Å². The molecular formula is C11H12N3+. The number of H-pyrrole nitrogens is 1. The summed E-state index contributed by atoms with van der Waals surface area (Å²) in [6, 6.07) is 10.3. The van der Waals surface area contributed by atoms with E-state index in [1.54, 1.807) is 0 Å². The average molecular weight is 186 g/mol. The number of rotatable bonds is 3. The first-order valence-electron chi connectivity index (χ1n) is 4.74. The van der Waals surface area contributed by atoms with Crippen LogP contribution in [0.25, 0.3) is 11.0 Å². The van der Waals surface area contributed by atoms with E-state index in [9.17, 15) is 0 Å². The fraction of sp³-hybridized carbons (Fsp3) is 0.273. The molecule has 0 atom stereocenters. The Bertz CT molecular complexity index is 465. The first-order valence-corrected chi connectivity index (χ1v) is 4.74. The molecule has 0 aliphatic heterocycles. The molecule has 0 amide bonds. The molecule has 0 aliphatic rings. The van der Waals surface area contributed by atoms with Gasteiger partial charge in [0.2, 0.25) is 6.33 Å². The lowest BCUT2D eigenvalue weighted by molar-refractivity contribution is -0.671. The van der Waals surface area contributed by atoms with Crippen LogP contribution in [0.3, 0.4) is 0 Å². The van der Waals surface area contributed by atoms with Crippen molar-refractivity contribution in [2.24, 2.45) is 0 Å². The molecule has 3 heteroatoms. The largest absolute Gasteiger partial charge is 0.243 e. The van der Waals surface area contributed by atoms with E-state index < -0.39 is 0 Å². The van der Waals surface area contributed by atoms with E-state index in [0.717, 1.165) is 18.5 Å². The summed E-state index contributed by atoms with van der Waals surface area (Å²) < 4.78 is 2.15. The second-order valence-corrected chi connectivity index (χ2v) is 3.25. The second-order valence-electron chi connectivity index (χ2n) is 3.25. The van der Waals surface area contributed by atoms with Gasteiger partial charge in [-0.1, -0.05) is 12.1 Å². The van der Waals surface area contributed by atoms with Gasteiger partial charge in [-0.3, -0.25) is 0 Å². The van der Waals surface area contributed by atoms with Gasteiger partial charge in [-0.2, -0.15) is 5.26 Å². The van der Waals surface area contributed by atoms with E-state index >= 15 is 0 Å². The van der Waals surface area contributed by atoms with Crippen molar-refractivity contribution >= 4 is 11.0 Å². The number of hydrogen-bond donors (Lipinski definition) is 1. The van der Waals surface area contributed by atoms with Crippen molar-refractivity contribution in [1.82, 2.24) is 4.98 Å². The smallest absolute Gasteiger partial charge is 0.242 e. The van der Waals surface area contributed by atoms with Crippen LogP contribution in [0.1, 0.15) is 12.8 Å². The maximum atomic E-state index is 8.44. The predicted molar refractivity (Wildman–Crippen MR) is 53.3 cm³/mol. The minimum atomic E-state index is 0.618. The predicted octanol–water partition coefficient (Wildman–Crippen LogP) is 1.76. The van der Waals surface area contributed by atoms with Gasteiger partial charge in [-0.15, -0.1) is 0 Å². The van der Waals surface area contributed by atoms with Crippen molar-refractivity contribution in [2.75, 3.05) is 0 Å². The van der Waals surface area contributed by atoms with Crippen LogP contribution >= 0.6 is 0 Å². The molecule has 0 unspecified atom stereocenters. The molecule has 1 heterocycles. The number of aromatic amines is 1. The van der Waals surface area contributed by atoms with E-state index in [2.05, 4.69) is 27.8 Å². The van der Waals surface area contributed by atoms with Gasteiger partial charge >= 0.3 is 0 Å². The maximum Gasteiger partial charge on any atom is 0.242 e. The van der Waals surface area contributed by atoms with Crippen LogP contribution in [-0.2, 0) is 6.54 Å². The van der Waals surface area contributed by atoms with Gasteiger partial charge in [0.25, 0.3) is 0 Å². The fourth-order valence-electron chi connectivity index (χ4n) is 1.58. The van der Waals surface area contributed by atoms with Crippen molar-refractivity contribution in [1.29, 1.82) is 5.26 Å². The third kappa shape index (κ3) is 1.60. The van der Waals surface area contributed by atoms with Crippen LogP contribution in [0.15, 0.2) is 30.6 Å². The molecule has 0 saturated carbocycles. The highest BCUT2D eigenvalue weighted by Gasteiger charge is 2.06. The Labute approximate surface area is 82.6 Å². The molecular weight excluding hydrogens is 174 g/mol. The topological polar surface area (TPSA) is 43.5 Å². The lowest BCUT2D eigenvalue weighted by Gasteiger charge is -1.93. The quantitative estimate of drug-likeness (QED) is 0.576. The normalized spacial score (nSPS) is 10.2. The van der Waals surface area contributed by atoms with Gasteiger partial charge in [0.15, 0.2) is 11.0 Å². The molecule has 0 radical (unpaired) electrons. The molecule has 2 aromatic rings. The van der Waals surface area contributed by atoms with E-state index in [1.165, 1.54) is 5.52 Å². The second kappa shape index (κ2) is 3.93. The number of fused-ring (bicyclic) bond motifs is 1. The Morgan fingerprint density at radius 3 is 3.07 bits per heavy atom. The Balaban J connectivity index is 2.22. The number of unbranched alkanes of at least 4 members (excludes halogenated alkanes) is 1. The lowest BCUT2D eigenvalue weighted by atomic mass is 10.3. The van der Waals surface area contributed by atoms with E-state index in [-0.39, 0.29) is 0 Å². The highest BCUT2D eigenvalue weighted by molar-refractivity contribution is 5.70. The summed E-state index contributed by atoms with van der Waals surface area (Å²) in [5.74, 6) is 0. The van der Waals surface area contributed by atoms with E-state index in [1.807, 2.05) is 18.5 Å². The zero-order valence-electron chi connectivity index (χ0n) is 7.90. The first kappa shape index (κ1) is 8.76. The molecule has 0 spiro atoms. The summed E-state index contributed by atoms with van der Waals surface area (Å²) in [7, 11) is 0. The highest BCUT2D eigenvalue weighted by Crippen LogP contribution is 2.05. The Morgan fingerprint density at radius 1 is 1.36 bits per heavy atom. The van der Waals surface area contributed by atoms with Crippen molar-refractivity contribution in [3.63, 3.8) is 0 Å². The minimum absolute atomic E-state index is 0.618. The van der Waals surface area contributed by atoms with E-state index in [4.69, 9.17) is 5.26 Å². The number of aromatic nitrogens is 2. The molecule has 0 fully saturated rings. The van der Waals surface area contributed by atoms with E-state index in [0.29, 0.717) is 6.42 Å². The highest BCUT2D eigenvalue weighted by atomic mass is 15.0. The molecule has 2 rings (SSSR count). The minimum Gasteiger partial charge on any atom is -0.243 e. The van der Waals surface area contributed by atoms with Crippen molar-refractivity contribution < 1.29 is 4.57 Å². The van der Waals surface area contributed by atoms with Crippen molar-refractivity contribution in [3.8, 4) is 6.07 Å². The number of nitrogens with zero attached hydrogens (tertiary/aromatic N) is 2. The molecule has 0 saturated heterocycles. The monoisotopic (exact) mass is 186 g/mol. The van der Waals surface area contributed by atoms with Gasteiger partial charge < -0.3 is 0 Å².